The molecule has 8 heteroatoms. The van der Waals surface area contributed by atoms with E-state index in [9.17, 15) is 8.42 Å². The molecule has 1 unspecified atom stereocenters. The molecule has 0 aromatic carbocycles. The Morgan fingerprint density at radius 1 is 1.43 bits per heavy atom. The molecule has 2 rings (SSSR count). The number of aromatic nitrogens is 2. The molecule has 2 N–H and O–H groups in total. The van der Waals surface area contributed by atoms with Crippen LogP contribution in [0.15, 0.2) is 29.4 Å². The number of nitrogens with one attached hydrogen (secondary N) is 2. The van der Waals surface area contributed by atoms with Crippen LogP contribution in [0.3, 0.4) is 0 Å². The fraction of sp³-hybridized carbons (Fsp3) is 0.462. The van der Waals surface area contributed by atoms with E-state index in [1.54, 1.807) is 41.5 Å². The molecule has 2 aromatic heterocycles. The first-order valence-electron chi connectivity index (χ1n) is 6.65. The highest BCUT2D eigenvalue weighted by Gasteiger charge is 2.26. The van der Waals surface area contributed by atoms with Crippen molar-refractivity contribution in [1.29, 1.82) is 0 Å². The van der Waals surface area contributed by atoms with E-state index < -0.39 is 10.0 Å². The van der Waals surface area contributed by atoms with E-state index in [1.807, 2.05) is 19.2 Å². The largest absolute Gasteiger partial charge is 0.371 e. The standard InChI is InChI=1S/C13H20N4O2S2/c1-10(7-9-20-3)16-21(18,19)13-12(14-2)15-11-6-4-5-8-17(11)13/h4-6,8,10,14,16H,7,9H2,1-3H3. The number of sulfonamides is 1. The lowest BCUT2D eigenvalue weighted by Gasteiger charge is -2.14. The topological polar surface area (TPSA) is 75.5 Å². The molecule has 6 nitrogen and oxygen atoms in total. The Morgan fingerprint density at radius 3 is 2.86 bits per heavy atom. The minimum absolute atomic E-state index is 0.124. The number of hydrogen-bond donors (Lipinski definition) is 2. The molecule has 0 bridgehead atoms. The number of thioether (sulfide) groups is 1. The minimum Gasteiger partial charge on any atom is -0.371 e. The number of rotatable bonds is 7. The van der Waals surface area contributed by atoms with Crippen LogP contribution in [-0.2, 0) is 10.0 Å². The Hall–Kier alpha value is -1.25. The fourth-order valence-corrected chi connectivity index (χ4v) is 4.23. The van der Waals surface area contributed by atoms with Gasteiger partial charge in [0.15, 0.2) is 10.8 Å². The summed E-state index contributed by atoms with van der Waals surface area (Å²) in [5.41, 5.74) is 0.596. The normalized spacial score (nSPS) is 13.5. The monoisotopic (exact) mass is 328 g/mol. The first-order chi connectivity index (χ1) is 9.99. The van der Waals surface area contributed by atoms with Gasteiger partial charge in [0.25, 0.3) is 10.0 Å². The van der Waals surface area contributed by atoms with Crippen molar-refractivity contribution < 1.29 is 8.42 Å². The predicted molar refractivity (Wildman–Crippen MR) is 87.5 cm³/mol. The summed E-state index contributed by atoms with van der Waals surface area (Å²) < 4.78 is 29.6. The van der Waals surface area contributed by atoms with Gasteiger partial charge in [-0.25, -0.2) is 18.1 Å². The number of hydrogen-bond acceptors (Lipinski definition) is 5. The van der Waals surface area contributed by atoms with Gasteiger partial charge in [-0.1, -0.05) is 6.07 Å². The van der Waals surface area contributed by atoms with Crippen LogP contribution in [0, 0.1) is 0 Å². The molecule has 21 heavy (non-hydrogen) atoms. The molecule has 0 saturated heterocycles. The highest BCUT2D eigenvalue weighted by molar-refractivity contribution is 7.98. The van der Waals surface area contributed by atoms with E-state index in [1.165, 1.54) is 0 Å². The lowest BCUT2D eigenvalue weighted by molar-refractivity contribution is 0.553. The predicted octanol–water partition coefficient (Wildman–Crippen LogP) is 1.80. The van der Waals surface area contributed by atoms with Crippen LogP contribution in [0.25, 0.3) is 5.65 Å². The van der Waals surface area contributed by atoms with Crippen molar-refractivity contribution in [1.82, 2.24) is 14.1 Å². The summed E-state index contributed by atoms with van der Waals surface area (Å²) in [6, 6.07) is 5.26. The van der Waals surface area contributed by atoms with Crippen molar-refractivity contribution in [2.24, 2.45) is 0 Å². The Balaban J connectivity index is 2.39. The minimum atomic E-state index is -3.64. The summed E-state index contributed by atoms with van der Waals surface area (Å²) in [5, 5.41) is 3.00. The van der Waals surface area contributed by atoms with Gasteiger partial charge in [-0.3, -0.25) is 4.40 Å². The maximum absolute atomic E-state index is 12.6. The second-order valence-electron chi connectivity index (χ2n) is 4.75. The van der Waals surface area contributed by atoms with Gasteiger partial charge in [0.05, 0.1) is 0 Å². The summed E-state index contributed by atoms with van der Waals surface area (Å²) in [4.78, 5) is 4.30. The van der Waals surface area contributed by atoms with Crippen LogP contribution in [0.2, 0.25) is 0 Å². The van der Waals surface area contributed by atoms with E-state index >= 15 is 0 Å². The van der Waals surface area contributed by atoms with Gasteiger partial charge in [0.1, 0.15) is 5.65 Å². The van der Waals surface area contributed by atoms with Gasteiger partial charge in [-0.15, -0.1) is 0 Å². The molecule has 2 heterocycles. The number of pyridine rings is 1. The average Bonchev–Trinajstić information content (AvgIpc) is 2.83. The van der Waals surface area contributed by atoms with Crippen LogP contribution < -0.4 is 10.0 Å². The zero-order valence-corrected chi connectivity index (χ0v) is 14.0. The number of imidazole rings is 1. The van der Waals surface area contributed by atoms with Crippen molar-refractivity contribution in [2.75, 3.05) is 24.4 Å². The van der Waals surface area contributed by atoms with E-state index in [-0.39, 0.29) is 11.1 Å². The number of nitrogens with zero attached hydrogens (tertiary/aromatic N) is 2. The highest BCUT2D eigenvalue weighted by Crippen LogP contribution is 2.22. The fourth-order valence-electron chi connectivity index (χ4n) is 2.07. The highest BCUT2D eigenvalue weighted by atomic mass is 32.2. The Bertz CT molecular complexity index is 712. The van der Waals surface area contributed by atoms with Crippen LogP contribution in [0.4, 0.5) is 5.82 Å². The van der Waals surface area contributed by atoms with Crippen molar-refractivity contribution in [3.63, 3.8) is 0 Å². The van der Waals surface area contributed by atoms with Crippen LogP contribution in [0.5, 0.6) is 0 Å². The Kier molecular flexibility index (Phi) is 5.13. The van der Waals surface area contributed by atoms with E-state index in [0.29, 0.717) is 11.5 Å². The van der Waals surface area contributed by atoms with Crippen molar-refractivity contribution in [3.8, 4) is 0 Å². The van der Waals surface area contributed by atoms with Gasteiger partial charge < -0.3 is 5.32 Å². The smallest absolute Gasteiger partial charge is 0.260 e. The molecule has 0 amide bonds. The van der Waals surface area contributed by atoms with E-state index in [0.717, 1.165) is 12.2 Å². The first kappa shape index (κ1) is 16.1. The lowest BCUT2D eigenvalue weighted by Crippen LogP contribution is -2.34. The molecule has 0 aliphatic heterocycles. The summed E-state index contributed by atoms with van der Waals surface area (Å²) in [5.74, 6) is 1.26. The molecule has 0 aliphatic carbocycles. The third kappa shape index (κ3) is 3.50. The molecule has 0 saturated carbocycles. The summed E-state index contributed by atoms with van der Waals surface area (Å²) in [6.45, 7) is 1.87. The van der Waals surface area contributed by atoms with Crippen LogP contribution in [-0.4, -0.2) is 42.9 Å². The van der Waals surface area contributed by atoms with Crippen LogP contribution >= 0.6 is 11.8 Å². The molecular formula is C13H20N4O2S2. The first-order valence-corrected chi connectivity index (χ1v) is 9.53. The Labute approximate surface area is 129 Å². The SMILES string of the molecule is CNc1nc2ccccn2c1S(=O)(=O)NC(C)CCSC. The molecule has 1 atom stereocenters. The number of fused-ring (bicyclic) bond motifs is 1. The van der Waals surface area contributed by atoms with E-state index in [2.05, 4.69) is 15.0 Å². The molecular weight excluding hydrogens is 308 g/mol. The zero-order chi connectivity index (χ0) is 15.5. The summed E-state index contributed by atoms with van der Waals surface area (Å²) >= 11 is 1.70. The Morgan fingerprint density at radius 2 is 2.19 bits per heavy atom. The number of anilines is 1. The summed E-state index contributed by atoms with van der Waals surface area (Å²) in [6.07, 6.45) is 4.49. The van der Waals surface area contributed by atoms with Crippen molar-refractivity contribution >= 4 is 33.3 Å². The third-order valence-corrected chi connectivity index (χ3v) is 5.34. The molecule has 0 fully saturated rings. The van der Waals surface area contributed by atoms with Gasteiger partial charge in [-0.2, -0.15) is 11.8 Å². The third-order valence-electron chi connectivity index (χ3n) is 3.09. The second-order valence-corrected chi connectivity index (χ2v) is 7.36. The average molecular weight is 328 g/mol. The van der Waals surface area contributed by atoms with Crippen molar-refractivity contribution in [3.05, 3.63) is 24.4 Å². The lowest BCUT2D eigenvalue weighted by atomic mass is 10.3. The quantitative estimate of drug-likeness (QED) is 0.810. The molecule has 2 aromatic rings. The maximum atomic E-state index is 12.6. The second kappa shape index (κ2) is 6.67. The molecule has 116 valence electrons. The molecule has 0 aliphatic rings. The van der Waals surface area contributed by atoms with Crippen LogP contribution in [0.1, 0.15) is 13.3 Å². The molecule has 0 spiro atoms. The van der Waals surface area contributed by atoms with Gasteiger partial charge in [0.2, 0.25) is 0 Å². The van der Waals surface area contributed by atoms with Gasteiger partial charge in [-0.05, 0) is 37.5 Å². The maximum Gasteiger partial charge on any atom is 0.260 e. The zero-order valence-electron chi connectivity index (χ0n) is 12.3. The summed E-state index contributed by atoms with van der Waals surface area (Å²) in [7, 11) is -1.97. The van der Waals surface area contributed by atoms with Gasteiger partial charge in [0, 0.05) is 19.3 Å². The van der Waals surface area contributed by atoms with E-state index in [4.69, 9.17) is 0 Å². The van der Waals surface area contributed by atoms with Crippen molar-refractivity contribution in [2.45, 2.75) is 24.4 Å². The molecule has 0 radical (unpaired) electrons. The van der Waals surface area contributed by atoms with Gasteiger partial charge >= 0.3 is 0 Å².